The largest absolute Gasteiger partial charge is 0.367 e. The Morgan fingerprint density at radius 1 is 0.800 bits per heavy atom. The van der Waals surface area contributed by atoms with Gasteiger partial charge in [0.2, 0.25) is 0 Å². The first kappa shape index (κ1) is 23.3. The molecule has 2 heterocycles. The summed E-state index contributed by atoms with van der Waals surface area (Å²) in [5.74, 6) is 0. The summed E-state index contributed by atoms with van der Waals surface area (Å²) in [5, 5.41) is 10.5. The molecule has 0 aliphatic rings. The fraction of sp³-hybridized carbons (Fsp3) is 0.179. The lowest BCUT2D eigenvalue weighted by atomic mass is 9.97. The summed E-state index contributed by atoms with van der Waals surface area (Å²) in [7, 11) is 0. The Morgan fingerprint density at radius 3 is 2.03 bits per heavy atom. The van der Waals surface area contributed by atoms with E-state index in [1.165, 1.54) is 27.6 Å². The normalized spacial score (nSPS) is 11.3. The lowest BCUT2D eigenvalue weighted by molar-refractivity contribution is 0.650. The molecule has 7 heteroatoms. The van der Waals surface area contributed by atoms with Gasteiger partial charge in [0.1, 0.15) is 0 Å². The molecule has 3 aromatic carbocycles. The van der Waals surface area contributed by atoms with Crippen LogP contribution in [0.4, 0.5) is 0 Å². The highest BCUT2D eigenvalue weighted by Gasteiger charge is 2.19. The van der Waals surface area contributed by atoms with E-state index in [1.54, 1.807) is 6.20 Å². The molecule has 0 radical (unpaired) electrons. The minimum atomic E-state index is -0.284. The molecule has 0 N–H and O–H groups in total. The van der Waals surface area contributed by atoms with Crippen molar-refractivity contribution in [3.05, 3.63) is 111 Å². The smallest absolute Gasteiger partial charge is 0.244 e. The van der Waals surface area contributed by atoms with Gasteiger partial charge in [0, 0.05) is 21.2 Å². The van der Waals surface area contributed by atoms with E-state index in [-0.39, 0.29) is 5.69 Å². The molecule has 5 nitrogen and oxygen atoms in total. The second kappa shape index (κ2) is 10.1. The topological polar surface area (TPSA) is 52.2 Å². The van der Waals surface area contributed by atoms with Crippen molar-refractivity contribution < 1.29 is 0 Å². The van der Waals surface area contributed by atoms with Crippen LogP contribution in [0.5, 0.6) is 0 Å². The molecule has 0 bridgehead atoms. The molecule has 0 fully saturated rings. The van der Waals surface area contributed by atoms with Gasteiger partial charge in [-0.2, -0.15) is 9.61 Å². The molecule has 0 amide bonds. The van der Waals surface area contributed by atoms with Crippen LogP contribution in [0.1, 0.15) is 30.9 Å². The number of aromatic nitrogens is 4. The van der Waals surface area contributed by atoms with Gasteiger partial charge in [-0.15, -0.1) is 5.10 Å². The Balaban J connectivity index is 1.61. The van der Waals surface area contributed by atoms with Gasteiger partial charge in [-0.3, -0.25) is 0 Å². The molecule has 2 aromatic heterocycles. The molecule has 5 aromatic rings. The average Bonchev–Trinajstić information content (AvgIpc) is 3.19. The Morgan fingerprint density at radius 2 is 1.40 bits per heavy atom. The standard InChI is InChI=1S/C28H24Cl2N4O/c1-2-3-4-19-5-7-20(8-6-19)18-33-28(35)34-27(32-33)26(22-11-15-24(30)16-12-22)25(17-31-34)21-9-13-23(29)14-10-21/h5-17H,2-4,18H2,1H3. The number of unbranched alkanes of at least 4 members (excludes halogenated alkanes) is 1. The molecular weight excluding hydrogens is 479 g/mol. The van der Waals surface area contributed by atoms with Crippen LogP contribution in [0.15, 0.2) is 83.8 Å². The van der Waals surface area contributed by atoms with Gasteiger partial charge in [0.15, 0.2) is 5.65 Å². The van der Waals surface area contributed by atoms with Gasteiger partial charge in [-0.05, 0) is 59.4 Å². The van der Waals surface area contributed by atoms with Crippen LogP contribution in [-0.4, -0.2) is 19.4 Å². The highest BCUT2D eigenvalue weighted by Crippen LogP contribution is 2.35. The Labute approximate surface area is 213 Å². The van der Waals surface area contributed by atoms with E-state index in [1.807, 2.05) is 48.5 Å². The minimum absolute atomic E-state index is 0.284. The van der Waals surface area contributed by atoms with Crippen molar-refractivity contribution in [3.63, 3.8) is 0 Å². The summed E-state index contributed by atoms with van der Waals surface area (Å²) in [5.41, 5.74) is 6.01. The van der Waals surface area contributed by atoms with E-state index in [0.717, 1.165) is 34.2 Å². The third-order valence-electron chi connectivity index (χ3n) is 6.08. The van der Waals surface area contributed by atoms with Crippen LogP contribution in [0, 0.1) is 0 Å². The number of rotatable bonds is 7. The summed E-state index contributed by atoms with van der Waals surface area (Å²) < 4.78 is 2.83. The summed E-state index contributed by atoms with van der Waals surface area (Å²) in [6.07, 6.45) is 5.10. The summed E-state index contributed by atoms with van der Waals surface area (Å²) >= 11 is 12.3. The maximum atomic E-state index is 13.2. The van der Waals surface area contributed by atoms with Crippen LogP contribution >= 0.6 is 23.2 Å². The van der Waals surface area contributed by atoms with E-state index < -0.39 is 0 Å². The molecule has 0 aliphatic heterocycles. The fourth-order valence-corrected chi connectivity index (χ4v) is 4.43. The van der Waals surface area contributed by atoms with Crippen molar-refractivity contribution in [2.24, 2.45) is 0 Å². The lowest BCUT2D eigenvalue weighted by Crippen LogP contribution is -2.23. The predicted molar refractivity (Wildman–Crippen MR) is 142 cm³/mol. The van der Waals surface area contributed by atoms with E-state index in [4.69, 9.17) is 28.3 Å². The molecule has 35 heavy (non-hydrogen) atoms. The molecule has 0 spiro atoms. The maximum absolute atomic E-state index is 13.2. The molecule has 0 saturated heterocycles. The van der Waals surface area contributed by atoms with Crippen molar-refractivity contribution in [3.8, 4) is 22.3 Å². The van der Waals surface area contributed by atoms with E-state index in [0.29, 0.717) is 22.2 Å². The quantitative estimate of drug-likeness (QED) is 0.242. The predicted octanol–water partition coefficient (Wildman–Crippen LogP) is 6.92. The number of halogens is 2. The molecule has 0 aliphatic carbocycles. The molecule has 5 rings (SSSR count). The molecular formula is C28H24Cl2N4O. The van der Waals surface area contributed by atoms with Crippen molar-refractivity contribution in [1.82, 2.24) is 19.4 Å². The van der Waals surface area contributed by atoms with Gasteiger partial charge >= 0.3 is 5.69 Å². The Hall–Kier alpha value is -3.41. The zero-order valence-electron chi connectivity index (χ0n) is 19.3. The van der Waals surface area contributed by atoms with Crippen LogP contribution in [-0.2, 0) is 13.0 Å². The summed E-state index contributed by atoms with van der Waals surface area (Å²) in [6, 6.07) is 23.4. The Kier molecular flexibility index (Phi) is 6.71. The molecule has 0 unspecified atom stereocenters. The average molecular weight is 503 g/mol. The van der Waals surface area contributed by atoms with Crippen molar-refractivity contribution in [2.75, 3.05) is 0 Å². The SMILES string of the molecule is CCCCc1ccc(Cn2nc3c(-c4ccc(Cl)cc4)c(-c4ccc(Cl)cc4)cnn3c2=O)cc1. The van der Waals surface area contributed by atoms with E-state index >= 15 is 0 Å². The van der Waals surface area contributed by atoms with Gasteiger partial charge < -0.3 is 0 Å². The number of nitrogens with zero attached hydrogens (tertiary/aromatic N) is 4. The van der Waals surface area contributed by atoms with Gasteiger partial charge in [-0.1, -0.05) is 85.1 Å². The summed E-state index contributed by atoms with van der Waals surface area (Å²) in [4.78, 5) is 13.2. The van der Waals surface area contributed by atoms with Crippen LogP contribution < -0.4 is 5.69 Å². The van der Waals surface area contributed by atoms with Crippen molar-refractivity contribution >= 4 is 28.8 Å². The monoisotopic (exact) mass is 502 g/mol. The number of hydrogen-bond acceptors (Lipinski definition) is 3. The highest BCUT2D eigenvalue weighted by atomic mass is 35.5. The first-order chi connectivity index (χ1) is 17.0. The van der Waals surface area contributed by atoms with E-state index in [2.05, 4.69) is 36.3 Å². The molecule has 0 saturated carbocycles. The number of benzene rings is 3. The van der Waals surface area contributed by atoms with Crippen LogP contribution in [0.2, 0.25) is 10.0 Å². The second-order valence-corrected chi connectivity index (χ2v) is 9.42. The fourth-order valence-electron chi connectivity index (χ4n) is 4.18. The zero-order valence-corrected chi connectivity index (χ0v) is 20.8. The summed E-state index contributed by atoms with van der Waals surface area (Å²) in [6.45, 7) is 2.56. The van der Waals surface area contributed by atoms with Crippen molar-refractivity contribution in [1.29, 1.82) is 0 Å². The zero-order chi connectivity index (χ0) is 24.4. The maximum Gasteiger partial charge on any atom is 0.367 e. The number of aryl methyl sites for hydroxylation is 1. The highest BCUT2D eigenvalue weighted by molar-refractivity contribution is 6.31. The lowest BCUT2D eigenvalue weighted by Gasteiger charge is -2.11. The molecule has 0 atom stereocenters. The van der Waals surface area contributed by atoms with Crippen LogP contribution in [0.25, 0.3) is 27.9 Å². The third kappa shape index (κ3) is 4.88. The third-order valence-corrected chi connectivity index (χ3v) is 6.58. The van der Waals surface area contributed by atoms with Crippen LogP contribution in [0.3, 0.4) is 0 Å². The van der Waals surface area contributed by atoms with Gasteiger partial charge in [-0.25, -0.2) is 9.48 Å². The first-order valence-electron chi connectivity index (χ1n) is 11.6. The van der Waals surface area contributed by atoms with Gasteiger partial charge in [0.05, 0.1) is 12.7 Å². The Bertz CT molecular complexity index is 1520. The number of hydrogen-bond donors (Lipinski definition) is 0. The van der Waals surface area contributed by atoms with Crippen molar-refractivity contribution in [2.45, 2.75) is 32.7 Å². The second-order valence-electron chi connectivity index (χ2n) is 8.54. The minimum Gasteiger partial charge on any atom is -0.244 e. The molecule has 176 valence electrons. The van der Waals surface area contributed by atoms with E-state index in [9.17, 15) is 4.79 Å². The first-order valence-corrected chi connectivity index (χ1v) is 12.4. The number of fused-ring (bicyclic) bond motifs is 1. The van der Waals surface area contributed by atoms with Gasteiger partial charge in [0.25, 0.3) is 0 Å².